The summed E-state index contributed by atoms with van der Waals surface area (Å²) in [4.78, 5) is 8.57. The van der Waals surface area contributed by atoms with Gasteiger partial charge >= 0.3 is 6.18 Å². The van der Waals surface area contributed by atoms with Crippen molar-refractivity contribution in [2.45, 2.75) is 19.5 Å². The summed E-state index contributed by atoms with van der Waals surface area (Å²) < 4.78 is 41.0. The van der Waals surface area contributed by atoms with E-state index in [-0.39, 0.29) is 5.52 Å². The zero-order valence-electron chi connectivity index (χ0n) is 11.6. The Morgan fingerprint density at radius 2 is 2.09 bits per heavy atom. The standard InChI is InChI=1S/C14H12BrF3N4/c1-2-5-19-12-13-20-7-11(15)22(13)10-4-3-8(14(16,17)18)6-9(10)21-12/h3-4,6-7H,2,5H2,1H3,(H,19,21). The highest BCUT2D eigenvalue weighted by molar-refractivity contribution is 9.10. The van der Waals surface area contributed by atoms with Crippen LogP contribution in [0.4, 0.5) is 19.0 Å². The van der Waals surface area contributed by atoms with Crippen molar-refractivity contribution in [3.8, 4) is 0 Å². The Morgan fingerprint density at radius 1 is 1.32 bits per heavy atom. The number of imidazole rings is 1. The minimum absolute atomic E-state index is 0.264. The van der Waals surface area contributed by atoms with Gasteiger partial charge < -0.3 is 5.32 Å². The normalized spacial score (nSPS) is 12.2. The number of anilines is 1. The number of rotatable bonds is 3. The molecule has 8 heteroatoms. The lowest BCUT2D eigenvalue weighted by molar-refractivity contribution is -0.137. The van der Waals surface area contributed by atoms with Gasteiger partial charge in [-0.15, -0.1) is 0 Å². The number of hydrogen-bond donors (Lipinski definition) is 1. The number of alkyl halides is 3. The highest BCUT2D eigenvalue weighted by atomic mass is 79.9. The summed E-state index contributed by atoms with van der Waals surface area (Å²) in [6.45, 7) is 2.66. The number of nitrogens with one attached hydrogen (secondary N) is 1. The third-order valence-electron chi connectivity index (χ3n) is 3.25. The Labute approximate surface area is 132 Å². The molecule has 0 fully saturated rings. The van der Waals surface area contributed by atoms with Gasteiger partial charge in [-0.1, -0.05) is 6.92 Å². The minimum atomic E-state index is -4.39. The van der Waals surface area contributed by atoms with E-state index in [0.717, 1.165) is 18.6 Å². The quantitative estimate of drug-likeness (QED) is 0.736. The second-order valence-electron chi connectivity index (χ2n) is 4.83. The van der Waals surface area contributed by atoms with Gasteiger partial charge in [-0.25, -0.2) is 9.97 Å². The van der Waals surface area contributed by atoms with Crippen molar-refractivity contribution in [3.63, 3.8) is 0 Å². The Hall–Kier alpha value is -1.83. The Bertz CT molecular complexity index is 841. The molecular formula is C14H12BrF3N4. The van der Waals surface area contributed by atoms with Crippen molar-refractivity contribution in [2.24, 2.45) is 0 Å². The second-order valence-corrected chi connectivity index (χ2v) is 5.64. The van der Waals surface area contributed by atoms with Gasteiger partial charge in [-0.2, -0.15) is 13.2 Å². The maximum absolute atomic E-state index is 12.9. The Kier molecular flexibility index (Phi) is 3.72. The minimum Gasteiger partial charge on any atom is -0.367 e. The van der Waals surface area contributed by atoms with Gasteiger partial charge in [0.25, 0.3) is 0 Å². The first-order valence-corrected chi connectivity index (χ1v) is 7.49. The molecule has 0 unspecified atom stereocenters. The van der Waals surface area contributed by atoms with E-state index >= 15 is 0 Å². The van der Waals surface area contributed by atoms with Crippen LogP contribution in [0.1, 0.15) is 18.9 Å². The molecule has 0 atom stereocenters. The van der Waals surface area contributed by atoms with Gasteiger partial charge in [0.1, 0.15) is 4.60 Å². The molecule has 0 aliphatic carbocycles. The van der Waals surface area contributed by atoms with E-state index in [1.807, 2.05) is 6.92 Å². The number of fused-ring (bicyclic) bond motifs is 3. The van der Waals surface area contributed by atoms with Crippen LogP contribution < -0.4 is 5.32 Å². The van der Waals surface area contributed by atoms with E-state index in [9.17, 15) is 13.2 Å². The Morgan fingerprint density at radius 3 is 2.77 bits per heavy atom. The molecular weight excluding hydrogens is 361 g/mol. The summed E-state index contributed by atoms with van der Waals surface area (Å²) in [5.74, 6) is 0.472. The van der Waals surface area contributed by atoms with E-state index in [1.165, 1.54) is 6.07 Å². The molecule has 3 aromatic rings. The summed E-state index contributed by atoms with van der Waals surface area (Å²) in [5.41, 5.74) is 0.686. The van der Waals surface area contributed by atoms with Crippen LogP contribution in [0.5, 0.6) is 0 Å². The maximum atomic E-state index is 12.9. The fourth-order valence-electron chi connectivity index (χ4n) is 2.24. The SMILES string of the molecule is CCCNc1nc2cc(C(F)(F)F)ccc2n2c(Br)cnc12. The first-order valence-electron chi connectivity index (χ1n) is 6.69. The summed E-state index contributed by atoms with van der Waals surface area (Å²) in [5, 5.41) is 3.10. The highest BCUT2D eigenvalue weighted by Crippen LogP contribution is 2.32. The number of benzene rings is 1. The van der Waals surface area contributed by atoms with Gasteiger partial charge in [0, 0.05) is 6.54 Å². The summed E-state index contributed by atoms with van der Waals surface area (Å²) >= 11 is 3.37. The largest absolute Gasteiger partial charge is 0.416 e. The first kappa shape index (κ1) is 15.1. The molecule has 0 amide bonds. The smallest absolute Gasteiger partial charge is 0.367 e. The fraction of sp³-hybridized carbons (Fsp3) is 0.286. The lowest BCUT2D eigenvalue weighted by atomic mass is 10.2. The third kappa shape index (κ3) is 2.51. The van der Waals surface area contributed by atoms with Crippen LogP contribution in [0, 0.1) is 0 Å². The fourth-order valence-corrected chi connectivity index (χ4v) is 2.70. The third-order valence-corrected chi connectivity index (χ3v) is 3.81. The molecule has 0 aliphatic heterocycles. The Balaban J connectivity index is 2.29. The number of aromatic nitrogens is 3. The van der Waals surface area contributed by atoms with E-state index in [1.54, 1.807) is 10.6 Å². The average Bonchev–Trinajstić information content (AvgIpc) is 2.86. The van der Waals surface area contributed by atoms with Gasteiger partial charge in [-0.3, -0.25) is 4.40 Å². The molecule has 0 radical (unpaired) electrons. The van der Waals surface area contributed by atoms with Crippen LogP contribution >= 0.6 is 15.9 Å². The van der Waals surface area contributed by atoms with Crippen LogP contribution in [0.3, 0.4) is 0 Å². The predicted octanol–water partition coefficient (Wildman–Crippen LogP) is 4.49. The van der Waals surface area contributed by atoms with E-state index in [2.05, 4.69) is 31.2 Å². The van der Waals surface area contributed by atoms with Crippen molar-refractivity contribution in [1.82, 2.24) is 14.4 Å². The van der Waals surface area contributed by atoms with Gasteiger partial charge in [0.15, 0.2) is 11.5 Å². The molecule has 116 valence electrons. The maximum Gasteiger partial charge on any atom is 0.416 e. The summed E-state index contributed by atoms with van der Waals surface area (Å²) in [6, 6.07) is 3.52. The van der Waals surface area contributed by atoms with Crippen LogP contribution in [-0.4, -0.2) is 20.9 Å². The summed E-state index contributed by atoms with van der Waals surface area (Å²) in [7, 11) is 0. The van der Waals surface area contributed by atoms with E-state index < -0.39 is 11.7 Å². The number of nitrogens with zero attached hydrogens (tertiary/aromatic N) is 3. The predicted molar refractivity (Wildman–Crippen MR) is 82.0 cm³/mol. The molecule has 3 rings (SSSR count). The van der Waals surface area contributed by atoms with Gasteiger partial charge in [-0.05, 0) is 40.5 Å². The average molecular weight is 373 g/mol. The lowest BCUT2D eigenvalue weighted by Crippen LogP contribution is -2.08. The molecule has 1 N–H and O–H groups in total. The molecule has 0 saturated heterocycles. The first-order chi connectivity index (χ1) is 10.4. The zero-order valence-corrected chi connectivity index (χ0v) is 13.2. The monoisotopic (exact) mass is 372 g/mol. The van der Waals surface area contributed by atoms with E-state index in [0.29, 0.717) is 28.1 Å². The topological polar surface area (TPSA) is 42.2 Å². The molecule has 4 nitrogen and oxygen atoms in total. The molecule has 2 heterocycles. The van der Waals surface area contributed by atoms with Crippen LogP contribution in [0.25, 0.3) is 16.7 Å². The molecule has 0 saturated carbocycles. The zero-order chi connectivity index (χ0) is 15.9. The highest BCUT2D eigenvalue weighted by Gasteiger charge is 2.31. The molecule has 1 aromatic carbocycles. The van der Waals surface area contributed by atoms with Crippen molar-refractivity contribution in [1.29, 1.82) is 0 Å². The van der Waals surface area contributed by atoms with Crippen molar-refractivity contribution >= 4 is 38.4 Å². The molecule has 2 aromatic heterocycles. The van der Waals surface area contributed by atoms with Gasteiger partial charge in [0.2, 0.25) is 0 Å². The van der Waals surface area contributed by atoms with E-state index in [4.69, 9.17) is 0 Å². The lowest BCUT2D eigenvalue weighted by Gasteiger charge is -2.12. The number of hydrogen-bond acceptors (Lipinski definition) is 3. The summed E-state index contributed by atoms with van der Waals surface area (Å²) in [6.07, 6.45) is -1.92. The molecule has 0 bridgehead atoms. The van der Waals surface area contributed by atoms with Crippen molar-refractivity contribution in [3.05, 3.63) is 34.6 Å². The van der Waals surface area contributed by atoms with Crippen LogP contribution in [-0.2, 0) is 6.18 Å². The molecule has 22 heavy (non-hydrogen) atoms. The van der Waals surface area contributed by atoms with Gasteiger partial charge in [0.05, 0.1) is 22.8 Å². The van der Waals surface area contributed by atoms with Crippen molar-refractivity contribution in [2.75, 3.05) is 11.9 Å². The number of halogens is 4. The molecule has 0 aliphatic rings. The van der Waals surface area contributed by atoms with Crippen LogP contribution in [0.2, 0.25) is 0 Å². The van der Waals surface area contributed by atoms with Crippen LogP contribution in [0.15, 0.2) is 29.0 Å². The molecule has 0 spiro atoms. The van der Waals surface area contributed by atoms with Crippen molar-refractivity contribution < 1.29 is 13.2 Å². The second kappa shape index (κ2) is 5.42.